The summed E-state index contributed by atoms with van der Waals surface area (Å²) in [6, 6.07) is 0. The summed E-state index contributed by atoms with van der Waals surface area (Å²) in [6.45, 7) is 4.79. The molecule has 0 aliphatic carbocycles. The fraction of sp³-hybridized carbons (Fsp3) is 0.778. The van der Waals surface area contributed by atoms with Crippen LogP contribution in [0.1, 0.15) is 20.3 Å². The van der Waals surface area contributed by atoms with Gasteiger partial charge in [0, 0.05) is 6.61 Å². The first-order valence-electron chi connectivity index (χ1n) is 4.21. The average molecular weight is 172 g/mol. The first kappa shape index (κ1) is 9.71. The third-order valence-electron chi connectivity index (χ3n) is 1.62. The van der Waals surface area contributed by atoms with Crippen LogP contribution in [0.3, 0.4) is 0 Å². The predicted octanol–water partition coefficient (Wildman–Crippen LogP) is 1.08. The molecule has 0 aromatic carbocycles. The standard InChI is InChI=1S/C9H16O3/c1-9(2)7-11-8(12-9)5-3-4-6-10/h3,5,8,10H,4,6-7H2,1-2H3/b5-3-. The highest BCUT2D eigenvalue weighted by Crippen LogP contribution is 2.22. The zero-order valence-corrected chi connectivity index (χ0v) is 7.62. The minimum Gasteiger partial charge on any atom is -0.396 e. The summed E-state index contributed by atoms with van der Waals surface area (Å²) in [4.78, 5) is 0. The van der Waals surface area contributed by atoms with E-state index in [1.165, 1.54) is 0 Å². The van der Waals surface area contributed by atoms with Crippen molar-refractivity contribution in [2.75, 3.05) is 13.2 Å². The van der Waals surface area contributed by atoms with E-state index in [1.54, 1.807) is 0 Å². The van der Waals surface area contributed by atoms with E-state index in [4.69, 9.17) is 14.6 Å². The van der Waals surface area contributed by atoms with Crippen LogP contribution in [0, 0.1) is 0 Å². The van der Waals surface area contributed by atoms with Crippen LogP contribution < -0.4 is 0 Å². The van der Waals surface area contributed by atoms with Gasteiger partial charge in [-0.25, -0.2) is 0 Å². The van der Waals surface area contributed by atoms with Gasteiger partial charge in [0.05, 0.1) is 12.2 Å². The lowest BCUT2D eigenvalue weighted by molar-refractivity contribution is -0.0446. The van der Waals surface area contributed by atoms with E-state index in [0.717, 1.165) is 0 Å². The van der Waals surface area contributed by atoms with E-state index in [0.29, 0.717) is 13.0 Å². The second-order valence-corrected chi connectivity index (χ2v) is 3.50. The molecule has 0 amide bonds. The van der Waals surface area contributed by atoms with Crippen LogP contribution in [-0.4, -0.2) is 30.2 Å². The van der Waals surface area contributed by atoms with Crippen LogP contribution in [0.15, 0.2) is 12.2 Å². The molecule has 0 bridgehead atoms. The monoisotopic (exact) mass is 172 g/mol. The number of hydrogen-bond donors (Lipinski definition) is 1. The SMILES string of the molecule is CC1(C)COC(/C=C\CCO)O1. The largest absolute Gasteiger partial charge is 0.396 e. The second kappa shape index (κ2) is 4.03. The molecule has 0 radical (unpaired) electrons. The van der Waals surface area contributed by atoms with Crippen molar-refractivity contribution < 1.29 is 14.6 Å². The Kier molecular flexibility index (Phi) is 3.26. The van der Waals surface area contributed by atoms with Gasteiger partial charge in [0.2, 0.25) is 0 Å². The van der Waals surface area contributed by atoms with Crippen molar-refractivity contribution in [3.63, 3.8) is 0 Å². The fourth-order valence-electron chi connectivity index (χ4n) is 1.04. The van der Waals surface area contributed by atoms with Crippen LogP contribution in [0.5, 0.6) is 0 Å². The van der Waals surface area contributed by atoms with E-state index in [2.05, 4.69) is 0 Å². The van der Waals surface area contributed by atoms with Gasteiger partial charge in [-0.2, -0.15) is 0 Å². The Morgan fingerprint density at radius 2 is 2.33 bits per heavy atom. The Morgan fingerprint density at radius 1 is 1.58 bits per heavy atom. The van der Waals surface area contributed by atoms with Gasteiger partial charge in [-0.05, 0) is 26.3 Å². The molecular weight excluding hydrogens is 156 g/mol. The van der Waals surface area contributed by atoms with E-state index < -0.39 is 0 Å². The Labute approximate surface area is 73.0 Å². The molecule has 70 valence electrons. The summed E-state index contributed by atoms with van der Waals surface area (Å²) in [5.41, 5.74) is -0.172. The number of ether oxygens (including phenoxy) is 2. The van der Waals surface area contributed by atoms with Gasteiger partial charge in [-0.15, -0.1) is 0 Å². The molecule has 3 heteroatoms. The third kappa shape index (κ3) is 2.93. The lowest BCUT2D eigenvalue weighted by Crippen LogP contribution is -2.22. The molecule has 1 saturated heterocycles. The van der Waals surface area contributed by atoms with Crippen molar-refractivity contribution in [1.29, 1.82) is 0 Å². The Bertz CT molecular complexity index is 163. The van der Waals surface area contributed by atoms with Gasteiger partial charge in [0.15, 0.2) is 6.29 Å². The second-order valence-electron chi connectivity index (χ2n) is 3.50. The van der Waals surface area contributed by atoms with Crippen LogP contribution in [0.4, 0.5) is 0 Å². The van der Waals surface area contributed by atoms with Crippen molar-refractivity contribution in [3.05, 3.63) is 12.2 Å². The molecule has 1 atom stereocenters. The van der Waals surface area contributed by atoms with Crippen molar-refractivity contribution >= 4 is 0 Å². The molecule has 0 spiro atoms. The lowest BCUT2D eigenvalue weighted by atomic mass is 10.2. The van der Waals surface area contributed by atoms with Gasteiger partial charge in [-0.1, -0.05) is 6.08 Å². The van der Waals surface area contributed by atoms with E-state index in [9.17, 15) is 0 Å². The molecule has 0 aromatic heterocycles. The van der Waals surface area contributed by atoms with E-state index in [-0.39, 0.29) is 18.5 Å². The normalized spacial score (nSPS) is 28.4. The van der Waals surface area contributed by atoms with Gasteiger partial charge >= 0.3 is 0 Å². The molecule has 1 unspecified atom stereocenters. The Hall–Kier alpha value is -0.380. The number of aliphatic hydroxyl groups excluding tert-OH is 1. The molecule has 0 aromatic rings. The van der Waals surface area contributed by atoms with Crippen LogP contribution in [-0.2, 0) is 9.47 Å². The van der Waals surface area contributed by atoms with Crippen LogP contribution >= 0.6 is 0 Å². The summed E-state index contributed by atoms with van der Waals surface area (Å²) in [5, 5.41) is 8.51. The minimum absolute atomic E-state index is 0.172. The van der Waals surface area contributed by atoms with Gasteiger partial charge in [0.1, 0.15) is 0 Å². The predicted molar refractivity (Wildman–Crippen MR) is 45.7 cm³/mol. The van der Waals surface area contributed by atoms with Gasteiger partial charge in [-0.3, -0.25) is 0 Å². The van der Waals surface area contributed by atoms with Crippen molar-refractivity contribution in [2.24, 2.45) is 0 Å². The number of hydrogen-bond acceptors (Lipinski definition) is 3. The molecule has 12 heavy (non-hydrogen) atoms. The highest BCUT2D eigenvalue weighted by atomic mass is 16.7. The van der Waals surface area contributed by atoms with Crippen LogP contribution in [0.2, 0.25) is 0 Å². The summed E-state index contributed by atoms with van der Waals surface area (Å²) < 4.78 is 10.8. The first-order chi connectivity index (χ1) is 5.64. The van der Waals surface area contributed by atoms with E-state index >= 15 is 0 Å². The average Bonchev–Trinajstić information content (AvgIpc) is 2.31. The summed E-state index contributed by atoms with van der Waals surface area (Å²) in [6.07, 6.45) is 4.13. The number of aliphatic hydroxyl groups is 1. The molecule has 1 heterocycles. The molecule has 1 aliphatic rings. The maximum absolute atomic E-state index is 8.51. The minimum atomic E-state index is -0.230. The molecule has 0 saturated carbocycles. The third-order valence-corrected chi connectivity index (χ3v) is 1.62. The smallest absolute Gasteiger partial charge is 0.177 e. The molecular formula is C9H16O3. The van der Waals surface area contributed by atoms with Crippen molar-refractivity contribution in [3.8, 4) is 0 Å². The van der Waals surface area contributed by atoms with Crippen molar-refractivity contribution in [2.45, 2.75) is 32.2 Å². The lowest BCUT2D eigenvalue weighted by Gasteiger charge is -2.13. The van der Waals surface area contributed by atoms with Crippen molar-refractivity contribution in [1.82, 2.24) is 0 Å². The summed E-state index contributed by atoms with van der Waals surface area (Å²) in [7, 11) is 0. The molecule has 1 N–H and O–H groups in total. The zero-order valence-electron chi connectivity index (χ0n) is 7.62. The molecule has 1 rings (SSSR count). The highest BCUT2D eigenvalue weighted by Gasteiger charge is 2.30. The maximum Gasteiger partial charge on any atom is 0.177 e. The fourth-order valence-corrected chi connectivity index (χ4v) is 1.04. The summed E-state index contributed by atoms with van der Waals surface area (Å²) in [5.74, 6) is 0. The topological polar surface area (TPSA) is 38.7 Å². The molecule has 1 fully saturated rings. The Morgan fingerprint density at radius 3 is 2.83 bits per heavy atom. The highest BCUT2D eigenvalue weighted by molar-refractivity contribution is 4.89. The molecule has 1 aliphatic heterocycles. The van der Waals surface area contributed by atoms with E-state index in [1.807, 2.05) is 26.0 Å². The maximum atomic E-state index is 8.51. The quantitative estimate of drug-likeness (QED) is 0.647. The number of rotatable bonds is 3. The summed E-state index contributed by atoms with van der Waals surface area (Å²) >= 11 is 0. The Balaban J connectivity index is 2.28. The van der Waals surface area contributed by atoms with Gasteiger partial charge < -0.3 is 14.6 Å². The zero-order chi connectivity index (χ0) is 9.03. The van der Waals surface area contributed by atoms with Gasteiger partial charge in [0.25, 0.3) is 0 Å². The molecule has 3 nitrogen and oxygen atoms in total. The van der Waals surface area contributed by atoms with Crippen LogP contribution in [0.25, 0.3) is 0 Å². The first-order valence-corrected chi connectivity index (χ1v) is 4.21.